The Morgan fingerprint density at radius 3 is 2.54 bits per heavy atom. The Morgan fingerprint density at radius 2 is 1.94 bits per heavy atom. The van der Waals surface area contributed by atoms with Crippen LogP contribution in [-0.2, 0) is 27.2 Å². The van der Waals surface area contributed by atoms with Gasteiger partial charge in [0.15, 0.2) is 0 Å². The predicted octanol–water partition coefficient (Wildman–Crippen LogP) is 7.47. The first kappa shape index (κ1) is 27.9. The van der Waals surface area contributed by atoms with Gasteiger partial charge in [0.1, 0.15) is 6.54 Å². The minimum absolute atomic E-state index is 0.133. The molecule has 5 nitrogen and oxygen atoms in total. The lowest BCUT2D eigenvalue weighted by molar-refractivity contribution is -0.144. The smallest absolute Gasteiger partial charge is 0.406 e. The van der Waals surface area contributed by atoms with Crippen LogP contribution in [0.5, 0.6) is 0 Å². The minimum Gasteiger partial charge on any atom is -0.465 e. The third-order valence-electron chi connectivity index (χ3n) is 5.67. The fourth-order valence-electron chi connectivity index (χ4n) is 4.13. The topological polar surface area (TPSA) is 53.4 Å². The summed E-state index contributed by atoms with van der Waals surface area (Å²) in [6.07, 6.45) is -2.83. The Morgan fingerprint density at radius 1 is 1.26 bits per heavy atom. The van der Waals surface area contributed by atoms with Gasteiger partial charge in [0.25, 0.3) is 0 Å². The SMILES string of the molecule is COC(C)c1ncc(I)cc1-c1c(CC(C)(C)COC(C)=O)c2cc(Br)ccc2n1CC(F)(F)F. The molecule has 0 aliphatic heterocycles. The number of carbonyl (C=O) groups excluding carboxylic acids is 1. The van der Waals surface area contributed by atoms with Crippen LogP contribution < -0.4 is 0 Å². The lowest BCUT2D eigenvalue weighted by Crippen LogP contribution is -2.24. The van der Waals surface area contributed by atoms with Crippen molar-refractivity contribution >= 4 is 55.4 Å². The van der Waals surface area contributed by atoms with Gasteiger partial charge in [-0.15, -0.1) is 0 Å². The number of benzene rings is 1. The molecule has 0 N–H and O–H groups in total. The molecule has 1 unspecified atom stereocenters. The second kappa shape index (κ2) is 10.8. The van der Waals surface area contributed by atoms with E-state index >= 15 is 0 Å². The second-order valence-corrected chi connectivity index (χ2v) is 11.4. The van der Waals surface area contributed by atoms with Crippen LogP contribution in [0, 0.1) is 8.99 Å². The summed E-state index contributed by atoms with van der Waals surface area (Å²) in [6, 6.07) is 7.11. The summed E-state index contributed by atoms with van der Waals surface area (Å²) in [5.41, 5.74) is 2.24. The number of methoxy groups -OCH3 is 1. The number of nitrogens with zero attached hydrogens (tertiary/aromatic N) is 2. The Labute approximate surface area is 224 Å². The van der Waals surface area contributed by atoms with E-state index < -0.39 is 30.2 Å². The molecule has 0 radical (unpaired) electrons. The van der Waals surface area contributed by atoms with Crippen molar-refractivity contribution in [3.05, 3.63) is 49.8 Å². The molecular formula is C25H27BrF3IN2O3. The van der Waals surface area contributed by atoms with Gasteiger partial charge in [-0.2, -0.15) is 13.2 Å². The molecular weight excluding hydrogens is 640 g/mol. The van der Waals surface area contributed by atoms with E-state index in [1.807, 2.05) is 32.9 Å². The molecule has 190 valence electrons. The standard InChI is InChI=1S/C25H27BrF3IN2O3/c1-14(34-5)22-19(9-17(30)11-31-22)23-20(10-24(3,4)13-35-15(2)33)18-8-16(26)6-7-21(18)32(23)12-25(27,28)29/h6-9,11,14H,10,12-13H2,1-5H3. The molecule has 0 fully saturated rings. The number of ether oxygens (including phenoxy) is 2. The van der Waals surface area contributed by atoms with E-state index in [0.717, 1.165) is 13.6 Å². The van der Waals surface area contributed by atoms with Gasteiger partial charge in [-0.3, -0.25) is 9.78 Å². The van der Waals surface area contributed by atoms with Crippen molar-refractivity contribution in [3.8, 4) is 11.3 Å². The molecule has 2 heterocycles. The van der Waals surface area contributed by atoms with Crippen molar-refractivity contribution in [2.24, 2.45) is 5.41 Å². The molecule has 0 spiro atoms. The fourth-order valence-corrected chi connectivity index (χ4v) is 4.94. The fraction of sp³-hybridized carbons (Fsp3) is 0.440. The van der Waals surface area contributed by atoms with Crippen LogP contribution >= 0.6 is 38.5 Å². The number of hydrogen-bond acceptors (Lipinski definition) is 4. The van der Waals surface area contributed by atoms with Crippen molar-refractivity contribution in [3.63, 3.8) is 0 Å². The molecule has 1 atom stereocenters. The van der Waals surface area contributed by atoms with Crippen LogP contribution in [0.4, 0.5) is 13.2 Å². The largest absolute Gasteiger partial charge is 0.465 e. The van der Waals surface area contributed by atoms with Crippen LogP contribution in [0.3, 0.4) is 0 Å². The summed E-state index contributed by atoms with van der Waals surface area (Å²) in [5.74, 6) is -0.404. The van der Waals surface area contributed by atoms with Gasteiger partial charge in [0, 0.05) is 50.2 Å². The van der Waals surface area contributed by atoms with Crippen LogP contribution in [0.25, 0.3) is 22.2 Å². The van der Waals surface area contributed by atoms with Crippen molar-refractivity contribution in [1.29, 1.82) is 0 Å². The number of alkyl halides is 3. The average molecular weight is 667 g/mol. The van der Waals surface area contributed by atoms with Gasteiger partial charge < -0.3 is 14.0 Å². The average Bonchev–Trinajstić information content (AvgIpc) is 3.02. The van der Waals surface area contributed by atoms with Gasteiger partial charge in [-0.25, -0.2) is 0 Å². The molecule has 35 heavy (non-hydrogen) atoms. The molecule has 10 heteroatoms. The Hall–Kier alpha value is -1.66. The zero-order valence-corrected chi connectivity index (χ0v) is 23.8. The molecule has 0 aliphatic rings. The molecule has 0 bridgehead atoms. The summed E-state index contributed by atoms with van der Waals surface area (Å²) in [4.78, 5) is 16.0. The van der Waals surface area contributed by atoms with Crippen molar-refractivity contribution in [2.75, 3.05) is 13.7 Å². The van der Waals surface area contributed by atoms with Crippen LogP contribution in [0.1, 0.15) is 45.1 Å². The Kier molecular flexibility index (Phi) is 8.58. The highest BCUT2D eigenvalue weighted by Gasteiger charge is 2.34. The van der Waals surface area contributed by atoms with E-state index in [4.69, 9.17) is 9.47 Å². The van der Waals surface area contributed by atoms with Crippen molar-refractivity contribution in [1.82, 2.24) is 9.55 Å². The lowest BCUT2D eigenvalue weighted by Gasteiger charge is -2.25. The maximum atomic E-state index is 13.9. The normalized spacial score (nSPS) is 13.3. The molecule has 1 aromatic carbocycles. The maximum absolute atomic E-state index is 13.9. The number of carbonyl (C=O) groups is 1. The first-order chi connectivity index (χ1) is 16.2. The Balaban J connectivity index is 2.40. The van der Waals surface area contributed by atoms with E-state index in [-0.39, 0.29) is 6.61 Å². The predicted molar refractivity (Wildman–Crippen MR) is 141 cm³/mol. The third kappa shape index (κ3) is 6.76. The van der Waals surface area contributed by atoms with Gasteiger partial charge in [-0.05, 0) is 65.8 Å². The number of esters is 1. The number of fused-ring (bicyclic) bond motifs is 1. The Bertz CT molecular complexity index is 1240. The zero-order chi connectivity index (χ0) is 26.1. The highest BCUT2D eigenvalue weighted by Crippen LogP contribution is 2.42. The van der Waals surface area contributed by atoms with Gasteiger partial charge in [-0.1, -0.05) is 29.8 Å². The summed E-state index contributed by atoms with van der Waals surface area (Å²) in [6.45, 7) is 5.98. The van der Waals surface area contributed by atoms with Crippen LogP contribution in [0.15, 0.2) is 34.9 Å². The van der Waals surface area contributed by atoms with E-state index in [1.165, 1.54) is 11.5 Å². The van der Waals surface area contributed by atoms with E-state index in [0.29, 0.717) is 34.3 Å². The van der Waals surface area contributed by atoms with E-state index in [9.17, 15) is 18.0 Å². The highest BCUT2D eigenvalue weighted by atomic mass is 127. The monoisotopic (exact) mass is 666 g/mol. The van der Waals surface area contributed by atoms with Gasteiger partial charge >= 0.3 is 12.1 Å². The summed E-state index contributed by atoms with van der Waals surface area (Å²) in [5, 5.41) is 0.699. The van der Waals surface area contributed by atoms with Crippen molar-refractivity contribution < 1.29 is 27.4 Å². The third-order valence-corrected chi connectivity index (χ3v) is 6.75. The minimum atomic E-state index is -4.44. The van der Waals surface area contributed by atoms with Crippen LogP contribution in [0.2, 0.25) is 0 Å². The van der Waals surface area contributed by atoms with Gasteiger partial charge in [0.05, 0.1) is 24.1 Å². The summed E-state index contributed by atoms with van der Waals surface area (Å²) < 4.78 is 55.3. The summed E-state index contributed by atoms with van der Waals surface area (Å²) >= 11 is 5.58. The molecule has 0 saturated carbocycles. The number of aromatic nitrogens is 2. The first-order valence-corrected chi connectivity index (χ1v) is 12.8. The lowest BCUT2D eigenvalue weighted by atomic mass is 9.84. The first-order valence-electron chi connectivity index (χ1n) is 10.9. The highest BCUT2D eigenvalue weighted by molar-refractivity contribution is 14.1. The quantitative estimate of drug-likeness (QED) is 0.185. The van der Waals surface area contributed by atoms with E-state index in [1.54, 1.807) is 25.4 Å². The van der Waals surface area contributed by atoms with Crippen molar-refractivity contribution in [2.45, 2.75) is 52.9 Å². The zero-order valence-electron chi connectivity index (χ0n) is 20.1. The second-order valence-electron chi connectivity index (χ2n) is 9.28. The number of halogens is 5. The molecule has 3 aromatic rings. The van der Waals surface area contributed by atoms with E-state index in [2.05, 4.69) is 43.5 Å². The number of rotatable bonds is 8. The molecule has 2 aromatic heterocycles. The molecule has 0 amide bonds. The molecule has 3 rings (SSSR count). The van der Waals surface area contributed by atoms with Crippen LogP contribution in [-0.4, -0.2) is 35.4 Å². The number of pyridine rings is 1. The summed E-state index contributed by atoms with van der Waals surface area (Å²) in [7, 11) is 1.54. The number of hydrogen-bond donors (Lipinski definition) is 0. The maximum Gasteiger partial charge on any atom is 0.406 e. The molecule has 0 aliphatic carbocycles. The molecule has 0 saturated heterocycles. The van der Waals surface area contributed by atoms with Gasteiger partial charge in [0.2, 0.25) is 0 Å².